The van der Waals surface area contributed by atoms with Crippen molar-refractivity contribution in [3.8, 4) is 0 Å². The van der Waals surface area contributed by atoms with Crippen LogP contribution in [-0.2, 0) is 4.43 Å². The van der Waals surface area contributed by atoms with Crippen LogP contribution >= 0.6 is 0 Å². The highest BCUT2D eigenvalue weighted by Gasteiger charge is 2.47. The van der Waals surface area contributed by atoms with E-state index in [0.29, 0.717) is 6.10 Å². The maximum absolute atomic E-state index is 9.28. The Morgan fingerprint density at radius 3 is 2.40 bits per heavy atom. The summed E-state index contributed by atoms with van der Waals surface area (Å²) >= 11 is 0. The van der Waals surface area contributed by atoms with Gasteiger partial charge in [0.1, 0.15) is 0 Å². The Hall–Kier alpha value is 0.354. The molecule has 0 amide bonds. The van der Waals surface area contributed by atoms with Crippen molar-refractivity contribution in [1.29, 1.82) is 0 Å². The molecule has 1 fully saturated rings. The fraction of sp³-hybridized carbons (Fsp3) is 1.00. The molecular formula is C11H26O2Si2. The standard InChI is InChI=1S/C11H26O2Si2/c1-10(12)6-7-11-8-9-14(2,3)15(4,5)13-11/h10-12H,6-9H2,1-5H3. The zero-order valence-corrected chi connectivity index (χ0v) is 12.8. The second kappa shape index (κ2) is 4.69. The minimum Gasteiger partial charge on any atom is -0.417 e. The van der Waals surface area contributed by atoms with Crippen LogP contribution in [0.15, 0.2) is 0 Å². The third-order valence-corrected chi connectivity index (χ3v) is 20.7. The van der Waals surface area contributed by atoms with Gasteiger partial charge >= 0.3 is 0 Å². The van der Waals surface area contributed by atoms with Crippen molar-refractivity contribution in [2.45, 2.75) is 70.6 Å². The van der Waals surface area contributed by atoms with Gasteiger partial charge in [0.25, 0.3) is 0 Å². The Balaban J connectivity index is 2.48. The van der Waals surface area contributed by atoms with Crippen LogP contribution < -0.4 is 0 Å². The van der Waals surface area contributed by atoms with Gasteiger partial charge in [-0.2, -0.15) is 0 Å². The summed E-state index contributed by atoms with van der Waals surface area (Å²) in [6, 6.07) is 1.41. The predicted molar refractivity (Wildman–Crippen MR) is 70.2 cm³/mol. The number of hydrogen-bond acceptors (Lipinski definition) is 2. The lowest BCUT2D eigenvalue weighted by Crippen LogP contribution is -2.61. The Labute approximate surface area is 96.0 Å². The van der Waals surface area contributed by atoms with Gasteiger partial charge in [-0.3, -0.25) is 0 Å². The van der Waals surface area contributed by atoms with Crippen LogP contribution in [0.4, 0.5) is 0 Å². The van der Waals surface area contributed by atoms with Crippen molar-refractivity contribution in [2.75, 3.05) is 0 Å². The van der Waals surface area contributed by atoms with E-state index in [1.165, 1.54) is 12.5 Å². The molecule has 1 heterocycles. The summed E-state index contributed by atoms with van der Waals surface area (Å²) in [5.74, 6) is 0. The van der Waals surface area contributed by atoms with E-state index in [1.54, 1.807) is 0 Å². The minimum absolute atomic E-state index is 0.175. The topological polar surface area (TPSA) is 29.5 Å². The van der Waals surface area contributed by atoms with Crippen LogP contribution in [0.2, 0.25) is 32.2 Å². The molecule has 0 aromatic rings. The second-order valence-corrected chi connectivity index (χ2v) is 21.3. The molecule has 0 aromatic heterocycles. The molecule has 0 radical (unpaired) electrons. The fourth-order valence-electron chi connectivity index (χ4n) is 2.09. The average molecular weight is 246 g/mol. The molecule has 0 saturated carbocycles. The normalized spacial score (nSPS) is 31.2. The maximum atomic E-state index is 9.28. The van der Waals surface area contributed by atoms with E-state index in [2.05, 4.69) is 26.2 Å². The molecule has 1 rings (SSSR count). The summed E-state index contributed by atoms with van der Waals surface area (Å²) in [4.78, 5) is 0. The van der Waals surface area contributed by atoms with Gasteiger partial charge in [-0.25, -0.2) is 0 Å². The summed E-state index contributed by atoms with van der Waals surface area (Å²) in [5.41, 5.74) is 0. The second-order valence-electron chi connectivity index (χ2n) is 6.10. The Morgan fingerprint density at radius 1 is 1.33 bits per heavy atom. The highest BCUT2D eigenvalue weighted by molar-refractivity contribution is 7.38. The van der Waals surface area contributed by atoms with Crippen molar-refractivity contribution >= 4 is 15.4 Å². The van der Waals surface area contributed by atoms with Crippen molar-refractivity contribution in [3.63, 3.8) is 0 Å². The Morgan fingerprint density at radius 2 is 1.93 bits per heavy atom. The Bertz CT molecular complexity index is 213. The lowest BCUT2D eigenvalue weighted by molar-refractivity contribution is 0.129. The molecule has 2 atom stereocenters. The van der Waals surface area contributed by atoms with Gasteiger partial charge in [0.15, 0.2) is 7.83 Å². The van der Waals surface area contributed by atoms with Crippen molar-refractivity contribution in [2.24, 2.45) is 0 Å². The number of rotatable bonds is 3. The minimum atomic E-state index is -1.40. The molecule has 15 heavy (non-hydrogen) atoms. The molecule has 0 spiro atoms. The van der Waals surface area contributed by atoms with Gasteiger partial charge in [-0.05, 0) is 39.3 Å². The number of aliphatic hydroxyl groups is 1. The van der Waals surface area contributed by atoms with Crippen LogP contribution in [0.5, 0.6) is 0 Å². The van der Waals surface area contributed by atoms with E-state index in [1.807, 2.05) is 6.92 Å². The number of aliphatic hydroxyl groups excluding tert-OH is 1. The van der Waals surface area contributed by atoms with E-state index in [-0.39, 0.29) is 6.10 Å². The molecule has 0 bridgehead atoms. The smallest absolute Gasteiger partial charge is 0.174 e. The molecule has 0 aliphatic carbocycles. The highest BCUT2D eigenvalue weighted by Crippen LogP contribution is 2.34. The van der Waals surface area contributed by atoms with Crippen LogP contribution in [0.1, 0.15) is 26.2 Å². The molecule has 1 aliphatic rings. The zero-order valence-electron chi connectivity index (χ0n) is 10.8. The van der Waals surface area contributed by atoms with Crippen molar-refractivity contribution in [3.05, 3.63) is 0 Å². The monoisotopic (exact) mass is 246 g/mol. The van der Waals surface area contributed by atoms with E-state index in [0.717, 1.165) is 12.8 Å². The van der Waals surface area contributed by atoms with Gasteiger partial charge in [0.05, 0.1) is 13.7 Å². The van der Waals surface area contributed by atoms with Crippen LogP contribution in [0.25, 0.3) is 0 Å². The molecule has 2 unspecified atom stereocenters. The average Bonchev–Trinajstić information content (AvgIpc) is 2.07. The van der Waals surface area contributed by atoms with Crippen LogP contribution in [-0.4, -0.2) is 32.7 Å². The largest absolute Gasteiger partial charge is 0.417 e. The molecule has 1 N–H and O–H groups in total. The lowest BCUT2D eigenvalue weighted by Gasteiger charge is -2.45. The molecule has 0 aromatic carbocycles. The third-order valence-electron chi connectivity index (χ3n) is 4.09. The van der Waals surface area contributed by atoms with Gasteiger partial charge in [0, 0.05) is 6.10 Å². The molecule has 1 saturated heterocycles. The lowest BCUT2D eigenvalue weighted by atomic mass is 10.1. The molecule has 90 valence electrons. The van der Waals surface area contributed by atoms with Gasteiger partial charge in [0.2, 0.25) is 0 Å². The molecular weight excluding hydrogens is 220 g/mol. The number of hydrogen-bond donors (Lipinski definition) is 1. The Kier molecular flexibility index (Phi) is 4.20. The van der Waals surface area contributed by atoms with Crippen LogP contribution in [0, 0.1) is 0 Å². The molecule has 1 aliphatic heterocycles. The first-order valence-corrected chi connectivity index (χ1v) is 13.2. The quantitative estimate of drug-likeness (QED) is 0.776. The SMILES string of the molecule is CC(O)CCC1CC[Si](C)(C)[Si](C)(C)O1. The highest BCUT2D eigenvalue weighted by atomic mass is 29.3. The summed E-state index contributed by atoms with van der Waals surface area (Å²) in [5, 5.41) is 9.28. The summed E-state index contributed by atoms with van der Waals surface area (Å²) < 4.78 is 6.33. The molecule has 4 heteroatoms. The molecule has 2 nitrogen and oxygen atoms in total. The first kappa shape index (κ1) is 13.4. The van der Waals surface area contributed by atoms with Crippen molar-refractivity contribution in [1.82, 2.24) is 0 Å². The van der Waals surface area contributed by atoms with Gasteiger partial charge in [-0.1, -0.05) is 19.1 Å². The van der Waals surface area contributed by atoms with Crippen molar-refractivity contribution < 1.29 is 9.53 Å². The maximum Gasteiger partial charge on any atom is 0.174 e. The van der Waals surface area contributed by atoms with E-state index in [4.69, 9.17) is 4.43 Å². The summed E-state index contributed by atoms with van der Waals surface area (Å²) in [6.45, 7) is 11.6. The van der Waals surface area contributed by atoms with Crippen LogP contribution in [0.3, 0.4) is 0 Å². The van der Waals surface area contributed by atoms with E-state index >= 15 is 0 Å². The van der Waals surface area contributed by atoms with Gasteiger partial charge < -0.3 is 9.53 Å². The van der Waals surface area contributed by atoms with E-state index < -0.39 is 15.4 Å². The first-order valence-electron chi connectivity index (χ1n) is 6.10. The van der Waals surface area contributed by atoms with Gasteiger partial charge in [-0.15, -0.1) is 0 Å². The first-order chi connectivity index (χ1) is 6.74. The predicted octanol–water partition coefficient (Wildman–Crippen LogP) is 2.93. The third kappa shape index (κ3) is 3.41. The summed E-state index contributed by atoms with van der Waals surface area (Å²) in [6.07, 6.45) is 3.41. The fourth-order valence-corrected chi connectivity index (χ4v) is 8.82. The van der Waals surface area contributed by atoms with E-state index in [9.17, 15) is 5.11 Å². The summed E-state index contributed by atoms with van der Waals surface area (Å²) in [7, 11) is -2.46. The zero-order chi connectivity index (χ0) is 11.7.